The lowest BCUT2D eigenvalue weighted by atomic mass is 10.4. The van der Waals surface area contributed by atoms with Crippen molar-refractivity contribution in [1.82, 2.24) is 29.9 Å². The van der Waals surface area contributed by atoms with Gasteiger partial charge in [-0.05, 0) is 0 Å². The molecule has 0 radical (unpaired) electrons. The van der Waals surface area contributed by atoms with Crippen LogP contribution in [-0.2, 0) is 6.54 Å². The van der Waals surface area contributed by atoms with Gasteiger partial charge in [0, 0.05) is 5.27 Å². The smallest absolute Gasteiger partial charge is 0.163 e. The molecular weight excluding hydrogens is 196 g/mol. The van der Waals surface area contributed by atoms with E-state index in [2.05, 4.69) is 29.8 Å². The SMILES string of the molecule is c1ncc2ncn(Cc3conn3)c2n1. The molecule has 15 heavy (non-hydrogen) atoms. The number of aromatic nitrogens is 6. The van der Waals surface area contributed by atoms with E-state index in [0.717, 1.165) is 16.9 Å². The Bertz CT molecular complexity index is 572. The molecule has 0 unspecified atom stereocenters. The molecule has 0 fully saturated rings. The molecule has 3 heterocycles. The topological polar surface area (TPSA) is 82.5 Å². The van der Waals surface area contributed by atoms with Crippen LogP contribution in [0.4, 0.5) is 0 Å². The Labute approximate surface area is 83.8 Å². The lowest BCUT2D eigenvalue weighted by molar-refractivity contribution is 0.392. The van der Waals surface area contributed by atoms with Crippen LogP contribution < -0.4 is 0 Å². The molecule has 0 amide bonds. The summed E-state index contributed by atoms with van der Waals surface area (Å²) >= 11 is 0. The van der Waals surface area contributed by atoms with Gasteiger partial charge in [-0.3, -0.25) is 0 Å². The number of fused-ring (bicyclic) bond motifs is 1. The third kappa shape index (κ3) is 1.33. The molecule has 0 saturated carbocycles. The highest BCUT2D eigenvalue weighted by Gasteiger charge is 2.05. The van der Waals surface area contributed by atoms with Crippen molar-refractivity contribution in [2.45, 2.75) is 6.54 Å². The van der Waals surface area contributed by atoms with Gasteiger partial charge in [0.25, 0.3) is 0 Å². The van der Waals surface area contributed by atoms with Gasteiger partial charge in [-0.1, -0.05) is 0 Å². The fourth-order valence-electron chi connectivity index (χ4n) is 1.36. The van der Waals surface area contributed by atoms with E-state index in [-0.39, 0.29) is 0 Å². The van der Waals surface area contributed by atoms with E-state index in [1.165, 1.54) is 12.6 Å². The lowest BCUT2D eigenvalue weighted by Crippen LogP contribution is -1.99. The molecule has 3 aromatic heterocycles. The molecule has 0 aliphatic carbocycles. The van der Waals surface area contributed by atoms with Crippen LogP contribution in [0.2, 0.25) is 0 Å². The first-order valence-electron chi connectivity index (χ1n) is 4.30. The van der Waals surface area contributed by atoms with Crippen LogP contribution >= 0.6 is 0 Å². The molecule has 74 valence electrons. The molecule has 0 bridgehead atoms. The molecule has 0 aliphatic rings. The highest BCUT2D eigenvalue weighted by Crippen LogP contribution is 2.08. The highest BCUT2D eigenvalue weighted by atomic mass is 16.5. The van der Waals surface area contributed by atoms with Crippen molar-refractivity contribution in [1.29, 1.82) is 0 Å². The Balaban J connectivity index is 2.05. The van der Waals surface area contributed by atoms with Crippen LogP contribution in [-0.4, -0.2) is 29.9 Å². The largest absolute Gasteiger partial charge is 0.345 e. The predicted octanol–water partition coefficient (Wildman–Crippen LogP) is 0.258. The van der Waals surface area contributed by atoms with Crippen molar-refractivity contribution in [3.05, 3.63) is 30.8 Å². The summed E-state index contributed by atoms with van der Waals surface area (Å²) in [6.45, 7) is 0.539. The average molecular weight is 202 g/mol. The molecule has 0 spiro atoms. The standard InChI is InChI=1S/C8H6N6O/c1-7-8(10-4-9-1)14(5-11-7)2-6-3-15-13-12-6/h1,3-5H,2H2. The average Bonchev–Trinajstić information content (AvgIpc) is 2.89. The summed E-state index contributed by atoms with van der Waals surface area (Å²) in [4.78, 5) is 12.2. The van der Waals surface area contributed by atoms with E-state index >= 15 is 0 Å². The van der Waals surface area contributed by atoms with Crippen molar-refractivity contribution in [3.8, 4) is 0 Å². The van der Waals surface area contributed by atoms with E-state index in [0.29, 0.717) is 6.54 Å². The highest BCUT2D eigenvalue weighted by molar-refractivity contribution is 5.68. The summed E-state index contributed by atoms with van der Waals surface area (Å²) < 4.78 is 6.51. The third-order valence-electron chi connectivity index (χ3n) is 2.02. The van der Waals surface area contributed by atoms with Crippen molar-refractivity contribution in [3.63, 3.8) is 0 Å². The molecule has 3 aromatic rings. The Kier molecular flexibility index (Phi) is 1.67. The second-order valence-electron chi connectivity index (χ2n) is 3.00. The zero-order chi connectivity index (χ0) is 10.1. The maximum absolute atomic E-state index is 4.65. The van der Waals surface area contributed by atoms with E-state index in [1.54, 1.807) is 12.5 Å². The van der Waals surface area contributed by atoms with Gasteiger partial charge in [-0.25, -0.2) is 15.0 Å². The van der Waals surface area contributed by atoms with Crippen LogP contribution in [0.25, 0.3) is 11.2 Å². The summed E-state index contributed by atoms with van der Waals surface area (Å²) in [5.41, 5.74) is 2.26. The van der Waals surface area contributed by atoms with Crippen LogP contribution in [0.15, 0.2) is 29.6 Å². The van der Waals surface area contributed by atoms with Gasteiger partial charge in [-0.2, -0.15) is 0 Å². The summed E-state index contributed by atoms with van der Waals surface area (Å²) in [5.74, 6) is 0. The normalized spacial score (nSPS) is 10.9. The Hall–Kier alpha value is -2.31. The van der Waals surface area contributed by atoms with Crippen LogP contribution in [0.3, 0.4) is 0 Å². The molecule has 3 rings (SSSR count). The van der Waals surface area contributed by atoms with Crippen LogP contribution in [0.5, 0.6) is 0 Å². The zero-order valence-corrected chi connectivity index (χ0v) is 7.61. The van der Waals surface area contributed by atoms with Gasteiger partial charge in [0.2, 0.25) is 0 Å². The quantitative estimate of drug-likeness (QED) is 0.592. The molecule has 0 atom stereocenters. The van der Waals surface area contributed by atoms with E-state index < -0.39 is 0 Å². The molecule has 0 saturated heterocycles. The van der Waals surface area contributed by atoms with Crippen molar-refractivity contribution in [2.24, 2.45) is 0 Å². The number of hydrogen-bond donors (Lipinski definition) is 0. The third-order valence-corrected chi connectivity index (χ3v) is 2.02. The summed E-state index contributed by atoms with van der Waals surface area (Å²) in [5, 5.41) is 7.18. The number of imidazole rings is 1. The Morgan fingerprint density at radius 1 is 1.33 bits per heavy atom. The minimum absolute atomic E-state index is 0.539. The van der Waals surface area contributed by atoms with E-state index in [4.69, 9.17) is 0 Å². The van der Waals surface area contributed by atoms with Crippen LogP contribution in [0.1, 0.15) is 5.69 Å². The van der Waals surface area contributed by atoms with Gasteiger partial charge in [0.1, 0.15) is 23.8 Å². The van der Waals surface area contributed by atoms with Crippen molar-refractivity contribution < 1.29 is 4.52 Å². The lowest BCUT2D eigenvalue weighted by Gasteiger charge is -1.97. The summed E-state index contributed by atoms with van der Waals surface area (Å²) in [7, 11) is 0. The Morgan fingerprint density at radius 2 is 2.33 bits per heavy atom. The first-order valence-corrected chi connectivity index (χ1v) is 4.30. The van der Waals surface area contributed by atoms with E-state index in [1.807, 2.05) is 4.57 Å². The van der Waals surface area contributed by atoms with Gasteiger partial charge in [0.15, 0.2) is 5.65 Å². The van der Waals surface area contributed by atoms with Gasteiger partial charge in [-0.15, -0.1) is 5.10 Å². The number of hydrogen-bond acceptors (Lipinski definition) is 6. The second kappa shape index (κ2) is 3.12. The molecule has 0 aliphatic heterocycles. The molecule has 7 nitrogen and oxygen atoms in total. The molecule has 0 N–H and O–H groups in total. The molecule has 7 heteroatoms. The minimum atomic E-state index is 0.539. The van der Waals surface area contributed by atoms with Gasteiger partial charge < -0.3 is 9.09 Å². The van der Waals surface area contributed by atoms with Crippen LogP contribution in [0, 0.1) is 0 Å². The van der Waals surface area contributed by atoms with Gasteiger partial charge >= 0.3 is 0 Å². The summed E-state index contributed by atoms with van der Waals surface area (Å²) in [6, 6.07) is 0. The minimum Gasteiger partial charge on any atom is -0.345 e. The second-order valence-corrected chi connectivity index (χ2v) is 3.00. The van der Waals surface area contributed by atoms with E-state index in [9.17, 15) is 0 Å². The monoisotopic (exact) mass is 202 g/mol. The Morgan fingerprint density at radius 3 is 3.20 bits per heavy atom. The van der Waals surface area contributed by atoms with Crippen molar-refractivity contribution in [2.75, 3.05) is 0 Å². The number of nitrogens with zero attached hydrogens (tertiary/aromatic N) is 6. The fraction of sp³-hybridized carbons (Fsp3) is 0.125. The van der Waals surface area contributed by atoms with Gasteiger partial charge in [0.05, 0.1) is 19.1 Å². The molecule has 0 aromatic carbocycles. The van der Waals surface area contributed by atoms with Crippen molar-refractivity contribution >= 4 is 11.2 Å². The first-order chi connectivity index (χ1) is 7.43. The molecular formula is C8H6N6O. The number of rotatable bonds is 2. The fourth-order valence-corrected chi connectivity index (χ4v) is 1.36. The predicted molar refractivity (Wildman–Crippen MR) is 48.7 cm³/mol. The zero-order valence-electron chi connectivity index (χ0n) is 7.61. The maximum atomic E-state index is 4.65. The maximum Gasteiger partial charge on any atom is 0.163 e. The summed E-state index contributed by atoms with van der Waals surface area (Å²) in [6.07, 6.45) is 6.34. The first kappa shape index (κ1) is 8.04.